The van der Waals surface area contributed by atoms with Crippen LogP contribution in [0, 0.1) is 17.6 Å². The van der Waals surface area contributed by atoms with Crippen LogP contribution in [0.25, 0.3) is 0 Å². The quantitative estimate of drug-likeness (QED) is 0.436. The Bertz CT molecular complexity index is 1240. The predicted octanol–water partition coefficient (Wildman–Crippen LogP) is 4.04. The van der Waals surface area contributed by atoms with E-state index < -0.39 is 11.6 Å². The van der Waals surface area contributed by atoms with Crippen molar-refractivity contribution in [1.29, 1.82) is 0 Å². The third kappa shape index (κ3) is 5.47. The van der Waals surface area contributed by atoms with Gasteiger partial charge in [-0.1, -0.05) is 31.7 Å². The fourth-order valence-corrected chi connectivity index (χ4v) is 5.16. The monoisotopic (exact) mass is 525 g/mol. The SMILES string of the molecule is C=C[C@H](Oc1cnc(N2CC(N)[C@@H](c3cc(F)ccc3F)C2)cn1)C1CCN(c2nc(C(C)C)no2)CC1. The largest absolute Gasteiger partial charge is 0.469 e. The second-order valence-corrected chi connectivity index (χ2v) is 10.3. The van der Waals surface area contributed by atoms with E-state index in [-0.39, 0.29) is 35.5 Å². The van der Waals surface area contributed by atoms with E-state index in [1.54, 1.807) is 18.5 Å². The van der Waals surface area contributed by atoms with Crippen LogP contribution < -0.4 is 20.3 Å². The van der Waals surface area contributed by atoms with E-state index in [0.717, 1.165) is 38.1 Å². The first-order chi connectivity index (χ1) is 18.3. The number of piperidine rings is 1. The van der Waals surface area contributed by atoms with E-state index in [4.69, 9.17) is 15.0 Å². The van der Waals surface area contributed by atoms with Crippen LogP contribution in [0.1, 0.15) is 49.9 Å². The Morgan fingerprint density at radius 2 is 1.92 bits per heavy atom. The van der Waals surface area contributed by atoms with Crippen molar-refractivity contribution in [3.05, 3.63) is 66.3 Å². The van der Waals surface area contributed by atoms with E-state index in [9.17, 15) is 8.78 Å². The molecule has 11 heteroatoms. The van der Waals surface area contributed by atoms with E-state index in [1.807, 2.05) is 18.7 Å². The maximum Gasteiger partial charge on any atom is 0.324 e. The molecule has 2 fully saturated rings. The highest BCUT2D eigenvalue weighted by Gasteiger charge is 2.34. The molecule has 2 saturated heterocycles. The molecule has 0 saturated carbocycles. The van der Waals surface area contributed by atoms with Gasteiger partial charge in [0.1, 0.15) is 23.6 Å². The minimum Gasteiger partial charge on any atom is -0.469 e. The van der Waals surface area contributed by atoms with E-state index in [1.165, 1.54) is 6.07 Å². The van der Waals surface area contributed by atoms with Gasteiger partial charge in [-0.25, -0.2) is 18.7 Å². The Morgan fingerprint density at radius 3 is 2.58 bits per heavy atom. The average molecular weight is 526 g/mol. The van der Waals surface area contributed by atoms with Gasteiger partial charge in [-0.2, -0.15) is 4.98 Å². The van der Waals surface area contributed by atoms with Crippen LogP contribution in [-0.4, -0.2) is 58.4 Å². The smallest absolute Gasteiger partial charge is 0.324 e. The number of benzene rings is 1. The van der Waals surface area contributed by atoms with Crippen molar-refractivity contribution in [3.8, 4) is 5.88 Å². The number of aromatic nitrogens is 4. The van der Waals surface area contributed by atoms with Gasteiger partial charge in [0.15, 0.2) is 5.82 Å². The standard InChI is InChI=1S/C27H33F2N7O2/c1-4-23(17-7-9-35(10-8-17)27-33-26(16(2)3)34-38-27)37-25-13-31-24(12-32-25)36-14-20(22(30)15-36)19-11-18(28)5-6-21(19)29/h4-6,11-13,16-17,20,22-23H,1,7-10,14-15,30H2,2-3H3/t20-,22?,23+/m1/s1. The van der Waals surface area contributed by atoms with Crippen LogP contribution in [0.4, 0.5) is 20.6 Å². The van der Waals surface area contributed by atoms with Gasteiger partial charge in [0.05, 0.1) is 12.4 Å². The molecule has 2 aliphatic heterocycles. The highest BCUT2D eigenvalue weighted by Crippen LogP contribution is 2.32. The summed E-state index contributed by atoms with van der Waals surface area (Å²) >= 11 is 0. The maximum atomic E-state index is 14.3. The van der Waals surface area contributed by atoms with E-state index in [2.05, 4.69) is 31.6 Å². The lowest BCUT2D eigenvalue weighted by molar-refractivity contribution is 0.150. The van der Waals surface area contributed by atoms with E-state index >= 15 is 0 Å². The first-order valence-corrected chi connectivity index (χ1v) is 13.0. The van der Waals surface area contributed by atoms with Crippen LogP contribution in [0.3, 0.4) is 0 Å². The lowest BCUT2D eigenvalue weighted by Gasteiger charge is -2.33. The zero-order valence-electron chi connectivity index (χ0n) is 21.6. The average Bonchev–Trinajstić information content (AvgIpc) is 3.57. The fourth-order valence-electron chi connectivity index (χ4n) is 5.16. The summed E-state index contributed by atoms with van der Waals surface area (Å²) in [5.74, 6) is 0.916. The van der Waals surface area contributed by atoms with Crippen molar-refractivity contribution in [1.82, 2.24) is 20.1 Å². The summed E-state index contributed by atoms with van der Waals surface area (Å²) in [6.07, 6.45) is 6.55. The Morgan fingerprint density at radius 1 is 1.13 bits per heavy atom. The summed E-state index contributed by atoms with van der Waals surface area (Å²) in [7, 11) is 0. The molecule has 2 aliphatic rings. The van der Waals surface area contributed by atoms with Crippen LogP contribution in [0.2, 0.25) is 0 Å². The second kappa shape index (κ2) is 11.0. The number of anilines is 2. The Hall–Kier alpha value is -3.60. The Kier molecular flexibility index (Phi) is 7.55. The fraction of sp³-hybridized carbons (Fsp3) is 0.481. The summed E-state index contributed by atoms with van der Waals surface area (Å²) in [6, 6.07) is 3.67. The lowest BCUT2D eigenvalue weighted by atomic mass is 9.91. The number of hydrogen-bond acceptors (Lipinski definition) is 9. The molecular weight excluding hydrogens is 492 g/mol. The van der Waals surface area contributed by atoms with Crippen molar-refractivity contribution in [2.75, 3.05) is 36.0 Å². The normalized spacial score (nSPS) is 21.2. The summed E-state index contributed by atoms with van der Waals surface area (Å²) in [5.41, 5.74) is 6.57. The number of halogens is 2. The van der Waals surface area contributed by atoms with Crippen molar-refractivity contribution in [2.24, 2.45) is 11.7 Å². The minimum absolute atomic E-state index is 0.216. The van der Waals surface area contributed by atoms with Gasteiger partial charge >= 0.3 is 6.01 Å². The number of hydrogen-bond donors (Lipinski definition) is 1. The first-order valence-electron chi connectivity index (χ1n) is 13.0. The highest BCUT2D eigenvalue weighted by atomic mass is 19.1. The molecule has 2 N–H and O–H groups in total. The third-order valence-corrected chi connectivity index (χ3v) is 7.37. The number of nitrogens with two attached hydrogens (primary N) is 1. The van der Waals surface area contributed by atoms with Gasteiger partial charge in [-0.05, 0) is 36.6 Å². The van der Waals surface area contributed by atoms with Gasteiger partial charge in [0, 0.05) is 50.0 Å². The van der Waals surface area contributed by atoms with Crippen LogP contribution in [0.5, 0.6) is 5.88 Å². The molecule has 0 aliphatic carbocycles. The van der Waals surface area contributed by atoms with Gasteiger partial charge in [0.2, 0.25) is 5.88 Å². The molecule has 2 aromatic heterocycles. The molecule has 3 aromatic rings. The molecule has 5 rings (SSSR count). The van der Waals surface area contributed by atoms with Gasteiger partial charge in [-0.3, -0.25) is 0 Å². The van der Waals surface area contributed by atoms with Crippen molar-refractivity contribution >= 4 is 11.8 Å². The Balaban J connectivity index is 1.17. The number of ether oxygens (including phenoxy) is 1. The molecule has 1 unspecified atom stereocenters. The predicted molar refractivity (Wildman–Crippen MR) is 139 cm³/mol. The van der Waals surface area contributed by atoms with Gasteiger partial charge in [0.25, 0.3) is 0 Å². The molecule has 9 nitrogen and oxygen atoms in total. The molecule has 1 aromatic carbocycles. The summed E-state index contributed by atoms with van der Waals surface area (Å²) in [6.45, 7) is 10.5. The molecule has 38 heavy (non-hydrogen) atoms. The number of nitrogens with zero attached hydrogens (tertiary/aromatic N) is 6. The topological polar surface area (TPSA) is 106 Å². The molecule has 202 valence electrons. The molecule has 4 heterocycles. The maximum absolute atomic E-state index is 14.3. The number of rotatable bonds is 8. The minimum atomic E-state index is -0.481. The van der Waals surface area contributed by atoms with Crippen LogP contribution in [-0.2, 0) is 0 Å². The molecule has 3 atom stereocenters. The zero-order chi connectivity index (χ0) is 26.8. The van der Waals surface area contributed by atoms with Crippen LogP contribution in [0.15, 0.2) is 47.8 Å². The van der Waals surface area contributed by atoms with Crippen molar-refractivity contribution in [3.63, 3.8) is 0 Å². The van der Waals surface area contributed by atoms with Crippen molar-refractivity contribution < 1.29 is 18.0 Å². The highest BCUT2D eigenvalue weighted by molar-refractivity contribution is 5.42. The molecule has 0 spiro atoms. The molecule has 0 radical (unpaired) electrons. The third-order valence-electron chi connectivity index (χ3n) is 7.37. The summed E-state index contributed by atoms with van der Waals surface area (Å²) in [4.78, 5) is 17.5. The Labute approximate surface area is 220 Å². The molecular formula is C27H33F2N7O2. The van der Waals surface area contributed by atoms with E-state index in [0.29, 0.717) is 36.6 Å². The second-order valence-electron chi connectivity index (χ2n) is 10.3. The molecule has 0 bridgehead atoms. The lowest BCUT2D eigenvalue weighted by Crippen LogP contribution is -2.39. The van der Waals surface area contributed by atoms with Crippen molar-refractivity contribution in [2.45, 2.75) is 50.7 Å². The van der Waals surface area contributed by atoms with Crippen LogP contribution >= 0.6 is 0 Å². The first kappa shape index (κ1) is 26.0. The van der Waals surface area contributed by atoms with Gasteiger partial charge in [-0.15, -0.1) is 0 Å². The summed E-state index contributed by atoms with van der Waals surface area (Å²) in [5, 5.41) is 4.06. The molecule has 0 amide bonds. The van der Waals surface area contributed by atoms with Gasteiger partial charge < -0.3 is 24.8 Å². The zero-order valence-corrected chi connectivity index (χ0v) is 21.6. The summed E-state index contributed by atoms with van der Waals surface area (Å²) < 4.78 is 39.6.